The van der Waals surface area contributed by atoms with Crippen LogP contribution in [0.25, 0.3) is 0 Å². The van der Waals surface area contributed by atoms with Crippen molar-refractivity contribution in [1.29, 1.82) is 0 Å². The first-order valence-electron chi connectivity index (χ1n) is 4.64. The molecule has 1 aromatic carbocycles. The highest BCUT2D eigenvalue weighted by Gasteiger charge is 2.07. The molecule has 78 valence electrons. The maximum atomic E-state index is 13.4. The predicted molar refractivity (Wildman–Crippen MR) is 62.7 cm³/mol. The van der Waals surface area contributed by atoms with E-state index >= 15 is 0 Å². The van der Waals surface area contributed by atoms with Crippen molar-refractivity contribution < 1.29 is 4.39 Å². The van der Waals surface area contributed by atoms with E-state index in [4.69, 9.17) is 11.6 Å². The Morgan fingerprint density at radius 1 is 1.50 bits per heavy atom. The number of rotatable bonds is 4. The predicted octanol–water partition coefficient (Wildman–Crippen LogP) is 4.44. The van der Waals surface area contributed by atoms with Crippen molar-refractivity contribution in [1.82, 2.24) is 0 Å². The molecule has 0 bridgehead atoms. The van der Waals surface area contributed by atoms with Gasteiger partial charge in [0, 0.05) is 5.33 Å². The molecule has 0 fully saturated rings. The molecule has 0 saturated heterocycles. The Morgan fingerprint density at radius 2 is 2.21 bits per heavy atom. The normalized spacial score (nSPS) is 12.9. The zero-order valence-corrected chi connectivity index (χ0v) is 10.4. The Labute approximate surface area is 97.6 Å². The molecule has 0 aliphatic rings. The quantitative estimate of drug-likeness (QED) is 0.715. The first-order valence-corrected chi connectivity index (χ1v) is 6.14. The fourth-order valence-electron chi connectivity index (χ4n) is 1.22. The SMILES string of the molecule is CC(CBr)CCc1cccc(Cl)c1F. The van der Waals surface area contributed by atoms with Crippen LogP contribution in [0.1, 0.15) is 18.9 Å². The second-order valence-corrected chi connectivity index (χ2v) is 4.57. The van der Waals surface area contributed by atoms with Crippen molar-refractivity contribution in [3.8, 4) is 0 Å². The van der Waals surface area contributed by atoms with Crippen LogP contribution in [0.5, 0.6) is 0 Å². The van der Waals surface area contributed by atoms with Gasteiger partial charge in [-0.05, 0) is 30.4 Å². The molecule has 0 N–H and O–H groups in total. The summed E-state index contributed by atoms with van der Waals surface area (Å²) in [6, 6.07) is 5.16. The van der Waals surface area contributed by atoms with Crippen molar-refractivity contribution in [2.75, 3.05) is 5.33 Å². The minimum absolute atomic E-state index is 0.217. The van der Waals surface area contributed by atoms with E-state index in [2.05, 4.69) is 22.9 Å². The van der Waals surface area contributed by atoms with Crippen LogP contribution in [0.4, 0.5) is 4.39 Å². The Bertz CT molecular complexity index is 301. The number of hydrogen-bond donors (Lipinski definition) is 0. The number of halogens is 3. The molecule has 0 nitrogen and oxygen atoms in total. The van der Waals surface area contributed by atoms with Crippen LogP contribution < -0.4 is 0 Å². The van der Waals surface area contributed by atoms with Crippen LogP contribution in [-0.4, -0.2) is 5.33 Å². The van der Waals surface area contributed by atoms with E-state index in [-0.39, 0.29) is 10.8 Å². The zero-order valence-electron chi connectivity index (χ0n) is 8.06. The number of hydrogen-bond acceptors (Lipinski definition) is 0. The third-order valence-electron chi connectivity index (χ3n) is 2.20. The van der Waals surface area contributed by atoms with Gasteiger partial charge >= 0.3 is 0 Å². The fraction of sp³-hybridized carbons (Fsp3) is 0.455. The second-order valence-electron chi connectivity index (χ2n) is 3.51. The molecule has 14 heavy (non-hydrogen) atoms. The van der Waals surface area contributed by atoms with Gasteiger partial charge in [-0.3, -0.25) is 0 Å². The summed E-state index contributed by atoms with van der Waals surface area (Å²) in [5, 5.41) is 1.17. The van der Waals surface area contributed by atoms with Gasteiger partial charge in [-0.1, -0.05) is 46.6 Å². The molecular formula is C11H13BrClF. The lowest BCUT2D eigenvalue weighted by Crippen LogP contribution is -2.00. The van der Waals surface area contributed by atoms with E-state index in [1.165, 1.54) is 0 Å². The lowest BCUT2D eigenvalue weighted by Gasteiger charge is -2.08. The molecule has 0 aromatic heterocycles. The van der Waals surface area contributed by atoms with E-state index in [9.17, 15) is 4.39 Å². The Hall–Kier alpha value is -0.0800. The summed E-state index contributed by atoms with van der Waals surface area (Å²) < 4.78 is 13.4. The molecule has 1 atom stereocenters. The average Bonchev–Trinajstić information content (AvgIpc) is 2.20. The van der Waals surface area contributed by atoms with Gasteiger partial charge < -0.3 is 0 Å². The van der Waals surface area contributed by atoms with E-state index < -0.39 is 0 Å². The van der Waals surface area contributed by atoms with Gasteiger partial charge in [0.15, 0.2) is 0 Å². The topological polar surface area (TPSA) is 0 Å². The highest BCUT2D eigenvalue weighted by molar-refractivity contribution is 9.09. The van der Waals surface area contributed by atoms with Crippen LogP contribution in [-0.2, 0) is 6.42 Å². The van der Waals surface area contributed by atoms with Gasteiger partial charge in [-0.15, -0.1) is 0 Å². The smallest absolute Gasteiger partial charge is 0.144 e. The summed E-state index contributed by atoms with van der Waals surface area (Å²) in [4.78, 5) is 0. The van der Waals surface area contributed by atoms with Crippen molar-refractivity contribution >= 4 is 27.5 Å². The maximum absolute atomic E-state index is 13.4. The van der Waals surface area contributed by atoms with Crippen molar-refractivity contribution in [3.05, 3.63) is 34.6 Å². The van der Waals surface area contributed by atoms with Crippen LogP contribution >= 0.6 is 27.5 Å². The minimum atomic E-state index is -0.268. The lowest BCUT2D eigenvalue weighted by molar-refractivity contribution is 0.566. The minimum Gasteiger partial charge on any atom is -0.205 e. The molecule has 1 rings (SSSR count). The van der Waals surface area contributed by atoms with Gasteiger partial charge in [-0.2, -0.15) is 0 Å². The Kier molecular flexibility index (Phi) is 4.90. The van der Waals surface area contributed by atoms with Crippen LogP contribution in [0.3, 0.4) is 0 Å². The molecule has 0 saturated carbocycles. The molecule has 0 aliphatic carbocycles. The molecule has 0 aliphatic heterocycles. The summed E-state index contributed by atoms with van der Waals surface area (Å²) >= 11 is 9.08. The molecule has 0 amide bonds. The van der Waals surface area contributed by atoms with Crippen molar-refractivity contribution in [3.63, 3.8) is 0 Å². The van der Waals surface area contributed by atoms with Gasteiger partial charge in [-0.25, -0.2) is 4.39 Å². The van der Waals surface area contributed by atoms with Crippen LogP contribution in [0.15, 0.2) is 18.2 Å². The van der Waals surface area contributed by atoms with E-state index in [0.29, 0.717) is 11.5 Å². The van der Waals surface area contributed by atoms with Crippen LogP contribution in [0.2, 0.25) is 5.02 Å². The van der Waals surface area contributed by atoms with Gasteiger partial charge in [0.2, 0.25) is 0 Å². The molecule has 1 unspecified atom stereocenters. The first-order chi connectivity index (χ1) is 6.65. The fourth-order valence-corrected chi connectivity index (χ4v) is 1.74. The molecule has 0 radical (unpaired) electrons. The summed E-state index contributed by atoms with van der Waals surface area (Å²) in [6.07, 6.45) is 1.72. The molecule has 0 heterocycles. The maximum Gasteiger partial charge on any atom is 0.144 e. The van der Waals surface area contributed by atoms with Crippen molar-refractivity contribution in [2.24, 2.45) is 5.92 Å². The Morgan fingerprint density at radius 3 is 2.86 bits per heavy atom. The summed E-state index contributed by atoms with van der Waals surface area (Å²) in [6.45, 7) is 2.14. The summed E-state index contributed by atoms with van der Waals surface area (Å²) in [7, 11) is 0. The Balaban J connectivity index is 2.63. The lowest BCUT2D eigenvalue weighted by atomic mass is 10.0. The summed E-state index contributed by atoms with van der Waals surface area (Å²) in [5.74, 6) is 0.296. The van der Waals surface area contributed by atoms with Crippen molar-refractivity contribution in [2.45, 2.75) is 19.8 Å². The first kappa shape index (κ1) is 12.0. The summed E-state index contributed by atoms with van der Waals surface area (Å²) in [5.41, 5.74) is 0.713. The third kappa shape index (κ3) is 3.25. The highest BCUT2D eigenvalue weighted by atomic mass is 79.9. The van der Waals surface area contributed by atoms with Gasteiger partial charge in [0.25, 0.3) is 0 Å². The molecule has 1 aromatic rings. The highest BCUT2D eigenvalue weighted by Crippen LogP contribution is 2.20. The standard InChI is InChI=1S/C11H13BrClF/c1-8(7-12)5-6-9-3-2-4-10(13)11(9)14/h2-4,8H,5-7H2,1H3. The monoisotopic (exact) mass is 278 g/mol. The largest absolute Gasteiger partial charge is 0.205 e. The van der Waals surface area contributed by atoms with Gasteiger partial charge in [0.05, 0.1) is 5.02 Å². The molecule has 3 heteroatoms. The number of benzene rings is 1. The van der Waals surface area contributed by atoms with Gasteiger partial charge in [0.1, 0.15) is 5.82 Å². The van der Waals surface area contributed by atoms with Crippen LogP contribution in [0, 0.1) is 11.7 Å². The van der Waals surface area contributed by atoms with E-state index in [0.717, 1.165) is 18.2 Å². The molecule has 0 spiro atoms. The zero-order chi connectivity index (χ0) is 10.6. The number of aryl methyl sites for hydroxylation is 1. The van der Waals surface area contributed by atoms with E-state index in [1.807, 2.05) is 0 Å². The third-order valence-corrected chi connectivity index (χ3v) is 3.60. The molecular weight excluding hydrogens is 266 g/mol. The average molecular weight is 280 g/mol. The van der Waals surface area contributed by atoms with E-state index in [1.54, 1.807) is 18.2 Å². The number of alkyl halides is 1. The second kappa shape index (κ2) is 5.72.